The molecule has 2 N–H and O–H groups in total. The highest BCUT2D eigenvalue weighted by atomic mass is 16.1. The SMILES string of the molecule is NC1=NC(=O)CC=C1. The number of amides is 1. The highest BCUT2D eigenvalue weighted by molar-refractivity contribution is 6.02. The Morgan fingerprint density at radius 1 is 1.75 bits per heavy atom. The minimum absolute atomic E-state index is 0.162. The number of rotatable bonds is 0. The molecule has 1 amide bonds. The van der Waals surface area contributed by atoms with E-state index in [1.807, 2.05) is 0 Å². The molecule has 0 unspecified atom stereocenters. The quantitative estimate of drug-likeness (QED) is 0.470. The van der Waals surface area contributed by atoms with Crippen molar-refractivity contribution in [1.82, 2.24) is 0 Å². The van der Waals surface area contributed by atoms with Gasteiger partial charge >= 0.3 is 0 Å². The summed E-state index contributed by atoms with van der Waals surface area (Å²) >= 11 is 0. The zero-order valence-corrected chi connectivity index (χ0v) is 4.29. The number of amidine groups is 1. The Hall–Kier alpha value is -1.12. The highest BCUT2D eigenvalue weighted by Gasteiger charge is 1.99. The Morgan fingerprint density at radius 3 is 2.88 bits per heavy atom. The summed E-state index contributed by atoms with van der Waals surface area (Å²) in [6.45, 7) is 0. The van der Waals surface area contributed by atoms with Crippen molar-refractivity contribution in [3.63, 3.8) is 0 Å². The van der Waals surface area contributed by atoms with Gasteiger partial charge in [-0.05, 0) is 6.08 Å². The molecule has 0 aliphatic carbocycles. The molecule has 0 bridgehead atoms. The minimum Gasteiger partial charge on any atom is -0.384 e. The Morgan fingerprint density at radius 2 is 2.50 bits per heavy atom. The first-order valence-electron chi connectivity index (χ1n) is 2.32. The van der Waals surface area contributed by atoms with Crippen molar-refractivity contribution in [1.29, 1.82) is 0 Å². The second kappa shape index (κ2) is 1.78. The summed E-state index contributed by atoms with van der Waals surface area (Å²) in [5.74, 6) is 0.145. The number of dihydropyridines is 1. The first kappa shape index (κ1) is 5.03. The average molecular weight is 110 g/mol. The van der Waals surface area contributed by atoms with Gasteiger partial charge in [0.25, 0.3) is 5.91 Å². The van der Waals surface area contributed by atoms with Crippen LogP contribution in [0.15, 0.2) is 17.1 Å². The molecule has 0 aromatic rings. The van der Waals surface area contributed by atoms with Gasteiger partial charge < -0.3 is 5.73 Å². The van der Waals surface area contributed by atoms with Crippen LogP contribution in [0.25, 0.3) is 0 Å². The van der Waals surface area contributed by atoms with Crippen LogP contribution >= 0.6 is 0 Å². The van der Waals surface area contributed by atoms with Crippen LogP contribution in [-0.4, -0.2) is 11.7 Å². The smallest absolute Gasteiger partial charge is 0.251 e. The predicted octanol–water partition coefficient (Wildman–Crippen LogP) is -0.170. The van der Waals surface area contributed by atoms with Crippen molar-refractivity contribution in [2.45, 2.75) is 6.42 Å². The molecule has 0 saturated heterocycles. The molecule has 0 radical (unpaired) electrons. The standard InChI is InChI=1S/C5H6N2O/c6-4-2-1-3-5(8)7-4/h1-2H,3H2,(H2,6,7,8). The maximum absolute atomic E-state index is 10.4. The lowest BCUT2D eigenvalue weighted by molar-refractivity contribution is -0.117. The van der Waals surface area contributed by atoms with Crippen molar-refractivity contribution in [3.8, 4) is 0 Å². The van der Waals surface area contributed by atoms with Crippen LogP contribution in [0.1, 0.15) is 6.42 Å². The van der Waals surface area contributed by atoms with Gasteiger partial charge in [-0.15, -0.1) is 0 Å². The molecule has 0 fully saturated rings. The fourth-order valence-corrected chi connectivity index (χ4v) is 0.507. The van der Waals surface area contributed by atoms with E-state index in [1.165, 1.54) is 0 Å². The van der Waals surface area contributed by atoms with Crippen LogP contribution in [-0.2, 0) is 4.79 Å². The first-order chi connectivity index (χ1) is 3.79. The normalized spacial score (nSPS) is 18.5. The molecule has 3 nitrogen and oxygen atoms in total. The number of aliphatic imine (C=N–C) groups is 1. The molecule has 1 heterocycles. The fourth-order valence-electron chi connectivity index (χ4n) is 0.507. The van der Waals surface area contributed by atoms with Crippen LogP contribution in [0.5, 0.6) is 0 Å². The second-order valence-electron chi connectivity index (χ2n) is 1.54. The number of nitrogens with zero attached hydrogens (tertiary/aromatic N) is 1. The number of hydrogen-bond acceptors (Lipinski definition) is 2. The Kier molecular flexibility index (Phi) is 1.12. The summed E-state index contributed by atoms with van der Waals surface area (Å²) in [7, 11) is 0. The van der Waals surface area contributed by atoms with E-state index in [9.17, 15) is 4.79 Å². The zero-order chi connectivity index (χ0) is 5.98. The third-order valence-corrected chi connectivity index (χ3v) is 0.835. The fraction of sp³-hybridized carbons (Fsp3) is 0.200. The van der Waals surface area contributed by atoms with Crippen LogP contribution in [0, 0.1) is 0 Å². The molecule has 0 aromatic carbocycles. The average Bonchev–Trinajstić information content (AvgIpc) is 1.64. The highest BCUT2D eigenvalue weighted by Crippen LogP contribution is 1.93. The number of hydrogen-bond donors (Lipinski definition) is 1. The lowest BCUT2D eigenvalue weighted by Gasteiger charge is -1.95. The van der Waals surface area contributed by atoms with Gasteiger partial charge in [-0.3, -0.25) is 4.79 Å². The van der Waals surface area contributed by atoms with Gasteiger partial charge in [0.05, 0.1) is 0 Å². The Labute approximate surface area is 46.9 Å². The minimum atomic E-state index is -0.162. The topological polar surface area (TPSA) is 55.4 Å². The predicted molar refractivity (Wildman–Crippen MR) is 30.4 cm³/mol. The first-order valence-corrected chi connectivity index (χ1v) is 2.32. The zero-order valence-electron chi connectivity index (χ0n) is 4.29. The van der Waals surface area contributed by atoms with E-state index in [0.717, 1.165) is 0 Å². The molecule has 0 spiro atoms. The van der Waals surface area contributed by atoms with Gasteiger partial charge in [0, 0.05) is 6.42 Å². The van der Waals surface area contributed by atoms with Crippen molar-refractivity contribution in [3.05, 3.63) is 12.2 Å². The maximum atomic E-state index is 10.4. The third kappa shape index (κ3) is 0.932. The van der Waals surface area contributed by atoms with Crippen LogP contribution in [0.3, 0.4) is 0 Å². The van der Waals surface area contributed by atoms with Crippen molar-refractivity contribution in [2.24, 2.45) is 10.7 Å². The second-order valence-corrected chi connectivity index (χ2v) is 1.54. The Bertz CT molecular complexity index is 169. The third-order valence-electron chi connectivity index (χ3n) is 0.835. The number of carbonyl (C=O) groups is 1. The van der Waals surface area contributed by atoms with E-state index >= 15 is 0 Å². The summed E-state index contributed by atoms with van der Waals surface area (Å²) in [6.07, 6.45) is 3.72. The molecule has 8 heavy (non-hydrogen) atoms. The van der Waals surface area contributed by atoms with Crippen LogP contribution in [0.4, 0.5) is 0 Å². The molecule has 0 saturated carbocycles. The molecule has 0 aromatic heterocycles. The van der Waals surface area contributed by atoms with E-state index in [4.69, 9.17) is 5.73 Å². The molecule has 1 aliphatic rings. The number of carbonyl (C=O) groups excluding carboxylic acids is 1. The van der Waals surface area contributed by atoms with Crippen LogP contribution in [0.2, 0.25) is 0 Å². The summed E-state index contributed by atoms with van der Waals surface area (Å²) < 4.78 is 0. The van der Waals surface area contributed by atoms with Crippen LogP contribution < -0.4 is 5.73 Å². The summed E-state index contributed by atoms with van der Waals surface area (Å²) in [6, 6.07) is 0. The van der Waals surface area contributed by atoms with Gasteiger partial charge in [-0.1, -0.05) is 6.08 Å². The molecule has 3 heteroatoms. The molecule has 42 valence electrons. The lowest BCUT2D eigenvalue weighted by atomic mass is 10.3. The molecule has 1 rings (SSSR count). The largest absolute Gasteiger partial charge is 0.384 e. The molecular weight excluding hydrogens is 104 g/mol. The van der Waals surface area contributed by atoms with Gasteiger partial charge in [0.15, 0.2) is 0 Å². The van der Waals surface area contributed by atoms with E-state index < -0.39 is 0 Å². The summed E-state index contributed by atoms with van der Waals surface area (Å²) in [5.41, 5.74) is 5.17. The lowest BCUT2D eigenvalue weighted by Crippen LogP contribution is -2.13. The van der Waals surface area contributed by atoms with Crippen molar-refractivity contribution in [2.75, 3.05) is 0 Å². The van der Waals surface area contributed by atoms with Gasteiger partial charge in [0.2, 0.25) is 0 Å². The van der Waals surface area contributed by atoms with E-state index in [2.05, 4.69) is 4.99 Å². The summed E-state index contributed by atoms with van der Waals surface area (Å²) in [5, 5.41) is 0. The Balaban J connectivity index is 2.77. The van der Waals surface area contributed by atoms with E-state index in [-0.39, 0.29) is 5.91 Å². The monoisotopic (exact) mass is 110 g/mol. The molecular formula is C5H6N2O. The molecule has 0 atom stereocenters. The van der Waals surface area contributed by atoms with E-state index in [1.54, 1.807) is 12.2 Å². The number of nitrogens with two attached hydrogens (primary N) is 1. The van der Waals surface area contributed by atoms with Gasteiger partial charge in [0.1, 0.15) is 5.84 Å². The van der Waals surface area contributed by atoms with Gasteiger partial charge in [-0.2, -0.15) is 4.99 Å². The van der Waals surface area contributed by atoms with Crippen molar-refractivity contribution < 1.29 is 4.79 Å². The molecule has 1 aliphatic heterocycles. The van der Waals surface area contributed by atoms with Gasteiger partial charge in [-0.25, -0.2) is 0 Å². The summed E-state index contributed by atoms with van der Waals surface area (Å²) in [4.78, 5) is 13.8. The van der Waals surface area contributed by atoms with E-state index in [0.29, 0.717) is 12.3 Å². The maximum Gasteiger partial charge on any atom is 0.251 e. The van der Waals surface area contributed by atoms with Crippen molar-refractivity contribution >= 4 is 11.7 Å².